The van der Waals surface area contributed by atoms with E-state index in [1.54, 1.807) is 37.3 Å². The Morgan fingerprint density at radius 1 is 1.21 bits per heavy atom. The van der Waals surface area contributed by atoms with Crippen LogP contribution in [0.25, 0.3) is 0 Å². The van der Waals surface area contributed by atoms with Crippen LogP contribution in [0.15, 0.2) is 30.3 Å². The first-order valence-corrected chi connectivity index (χ1v) is 11.2. The summed E-state index contributed by atoms with van der Waals surface area (Å²) in [7, 11) is -3.21. The minimum absolute atomic E-state index is 0.0250. The van der Waals surface area contributed by atoms with Gasteiger partial charge in [0, 0.05) is 5.69 Å². The molecule has 9 heteroatoms. The molecule has 0 aromatic heterocycles. The van der Waals surface area contributed by atoms with E-state index in [4.69, 9.17) is 0 Å². The lowest BCUT2D eigenvalue weighted by Crippen LogP contribution is -2.49. The van der Waals surface area contributed by atoms with Crippen molar-refractivity contribution in [2.24, 2.45) is 5.92 Å². The third-order valence-electron chi connectivity index (χ3n) is 5.87. The number of para-hydroxylation sites is 1. The molecule has 1 aromatic carbocycles. The summed E-state index contributed by atoms with van der Waals surface area (Å²) in [6, 6.07) is 7.70. The van der Waals surface area contributed by atoms with Crippen LogP contribution in [-0.4, -0.2) is 60.8 Å². The van der Waals surface area contributed by atoms with Gasteiger partial charge in [0.2, 0.25) is 5.91 Å². The van der Waals surface area contributed by atoms with Gasteiger partial charge in [-0.15, -0.1) is 0 Å². The molecule has 1 aromatic rings. The highest BCUT2D eigenvalue weighted by Crippen LogP contribution is 2.42. The molecule has 2 heterocycles. The van der Waals surface area contributed by atoms with Gasteiger partial charge in [-0.05, 0) is 44.2 Å². The summed E-state index contributed by atoms with van der Waals surface area (Å²) in [5.74, 6) is -0.837. The number of carbonyl (C=O) groups excluding carboxylic acids is 3. The molecule has 3 fully saturated rings. The largest absolute Gasteiger partial charge is 0.325 e. The number of nitrogens with zero attached hydrogens (tertiary/aromatic N) is 2. The molecule has 2 atom stereocenters. The van der Waals surface area contributed by atoms with Crippen LogP contribution < -0.4 is 10.2 Å². The first kappa shape index (κ1) is 18.9. The van der Waals surface area contributed by atoms with Crippen LogP contribution in [-0.2, 0) is 19.4 Å². The summed E-state index contributed by atoms with van der Waals surface area (Å²) in [5.41, 5.74) is -0.391. The van der Waals surface area contributed by atoms with Crippen molar-refractivity contribution >= 4 is 33.4 Å². The summed E-state index contributed by atoms with van der Waals surface area (Å²) < 4.78 is 23.9. The van der Waals surface area contributed by atoms with Crippen molar-refractivity contribution in [1.82, 2.24) is 10.2 Å². The topological polar surface area (TPSA) is 104 Å². The van der Waals surface area contributed by atoms with Gasteiger partial charge in [-0.3, -0.25) is 14.5 Å². The lowest BCUT2D eigenvalue weighted by Gasteiger charge is -2.30. The standard InChI is InChI=1S/C19H23N3O5S/c1-19(13-7-8-13)17(24)21(18(25)20-19)11-16(23)22(14-5-3-2-4-6-14)15-9-10-28(26,27)12-15/h2-6,13,15H,7-12H2,1H3,(H,20,25)/t15-,19+/m0/s1. The van der Waals surface area contributed by atoms with E-state index in [1.165, 1.54) is 4.90 Å². The average Bonchev–Trinajstić information content (AvgIpc) is 3.41. The maximum Gasteiger partial charge on any atom is 0.325 e. The maximum atomic E-state index is 13.1. The number of imide groups is 1. The molecule has 0 radical (unpaired) electrons. The molecule has 4 amide bonds. The molecule has 2 saturated heterocycles. The Kier molecular flexibility index (Phi) is 4.45. The second kappa shape index (κ2) is 6.58. The van der Waals surface area contributed by atoms with Gasteiger partial charge in [-0.1, -0.05) is 18.2 Å². The molecule has 3 aliphatic rings. The van der Waals surface area contributed by atoms with Crippen LogP contribution in [0.4, 0.5) is 10.5 Å². The van der Waals surface area contributed by atoms with Crippen LogP contribution in [0.3, 0.4) is 0 Å². The molecule has 4 rings (SSSR count). The van der Waals surface area contributed by atoms with Crippen molar-refractivity contribution < 1.29 is 22.8 Å². The highest BCUT2D eigenvalue weighted by molar-refractivity contribution is 7.91. The van der Waals surface area contributed by atoms with E-state index in [0.29, 0.717) is 12.1 Å². The van der Waals surface area contributed by atoms with Gasteiger partial charge in [-0.25, -0.2) is 13.2 Å². The highest BCUT2D eigenvalue weighted by atomic mass is 32.2. The number of amides is 4. The van der Waals surface area contributed by atoms with Crippen LogP contribution in [0.1, 0.15) is 26.2 Å². The lowest BCUT2D eigenvalue weighted by atomic mass is 9.96. The first-order valence-electron chi connectivity index (χ1n) is 9.43. The zero-order chi connectivity index (χ0) is 20.1. The summed E-state index contributed by atoms with van der Waals surface area (Å²) in [6.07, 6.45) is 2.09. The maximum absolute atomic E-state index is 13.1. The quantitative estimate of drug-likeness (QED) is 0.734. The van der Waals surface area contributed by atoms with E-state index in [1.807, 2.05) is 0 Å². The molecule has 28 heavy (non-hydrogen) atoms. The predicted octanol–water partition coefficient (Wildman–Crippen LogP) is 0.927. The number of hydrogen-bond donors (Lipinski definition) is 1. The molecule has 1 N–H and O–H groups in total. The van der Waals surface area contributed by atoms with E-state index < -0.39 is 39.9 Å². The van der Waals surface area contributed by atoms with Crippen LogP contribution >= 0.6 is 0 Å². The Hall–Kier alpha value is -2.42. The van der Waals surface area contributed by atoms with Gasteiger partial charge < -0.3 is 10.2 Å². The van der Waals surface area contributed by atoms with E-state index in [2.05, 4.69) is 5.32 Å². The van der Waals surface area contributed by atoms with Crippen LogP contribution in [0.2, 0.25) is 0 Å². The predicted molar refractivity (Wildman–Crippen MR) is 102 cm³/mol. The number of anilines is 1. The van der Waals surface area contributed by atoms with Crippen molar-refractivity contribution in [3.8, 4) is 0 Å². The fourth-order valence-corrected chi connectivity index (χ4v) is 5.83. The molecule has 1 aliphatic carbocycles. The van der Waals surface area contributed by atoms with E-state index >= 15 is 0 Å². The monoisotopic (exact) mass is 405 g/mol. The van der Waals surface area contributed by atoms with Crippen molar-refractivity contribution in [3.63, 3.8) is 0 Å². The minimum Gasteiger partial charge on any atom is -0.323 e. The molecule has 0 unspecified atom stereocenters. The molecule has 1 saturated carbocycles. The summed E-state index contributed by atoms with van der Waals surface area (Å²) in [6.45, 7) is 1.30. The molecule has 0 spiro atoms. The van der Waals surface area contributed by atoms with E-state index in [9.17, 15) is 22.8 Å². The number of sulfone groups is 1. The number of urea groups is 1. The van der Waals surface area contributed by atoms with Gasteiger partial charge >= 0.3 is 6.03 Å². The first-order chi connectivity index (χ1) is 13.2. The smallest absolute Gasteiger partial charge is 0.323 e. The number of hydrogen-bond acceptors (Lipinski definition) is 5. The zero-order valence-corrected chi connectivity index (χ0v) is 16.4. The van der Waals surface area contributed by atoms with E-state index in [-0.39, 0.29) is 23.3 Å². The summed E-state index contributed by atoms with van der Waals surface area (Å²) in [5, 5.41) is 2.73. The van der Waals surface area contributed by atoms with Crippen molar-refractivity contribution in [1.29, 1.82) is 0 Å². The molecule has 8 nitrogen and oxygen atoms in total. The van der Waals surface area contributed by atoms with Crippen molar-refractivity contribution in [2.75, 3.05) is 23.0 Å². The SMILES string of the molecule is C[C@]1(C2CC2)NC(=O)N(CC(=O)N(c2ccccc2)[C@H]2CCS(=O)(=O)C2)C1=O. The Morgan fingerprint density at radius 2 is 1.89 bits per heavy atom. The molecule has 0 bridgehead atoms. The third kappa shape index (κ3) is 3.28. The molecule has 2 aliphatic heterocycles. The van der Waals surface area contributed by atoms with Gasteiger partial charge in [0.1, 0.15) is 12.1 Å². The van der Waals surface area contributed by atoms with Crippen LogP contribution in [0, 0.1) is 5.92 Å². The molecular formula is C19H23N3O5S. The van der Waals surface area contributed by atoms with E-state index in [0.717, 1.165) is 17.7 Å². The summed E-state index contributed by atoms with van der Waals surface area (Å²) >= 11 is 0. The Balaban J connectivity index is 1.58. The van der Waals surface area contributed by atoms with Crippen molar-refractivity contribution in [3.05, 3.63) is 30.3 Å². The number of carbonyl (C=O) groups is 3. The Morgan fingerprint density at radius 3 is 2.46 bits per heavy atom. The van der Waals surface area contributed by atoms with Gasteiger partial charge in [0.25, 0.3) is 5.91 Å². The number of rotatable bonds is 5. The normalized spacial score (nSPS) is 29.0. The second-order valence-electron chi connectivity index (χ2n) is 7.95. The third-order valence-corrected chi connectivity index (χ3v) is 7.62. The van der Waals surface area contributed by atoms with Gasteiger partial charge in [0.05, 0.1) is 17.5 Å². The minimum atomic E-state index is -3.21. The average molecular weight is 405 g/mol. The van der Waals surface area contributed by atoms with Crippen molar-refractivity contribution in [2.45, 2.75) is 37.8 Å². The number of nitrogens with one attached hydrogen (secondary N) is 1. The second-order valence-corrected chi connectivity index (χ2v) is 10.2. The summed E-state index contributed by atoms with van der Waals surface area (Å²) in [4.78, 5) is 40.7. The fourth-order valence-electron chi connectivity index (χ4n) is 4.13. The Bertz CT molecular complexity index is 928. The molecular weight excluding hydrogens is 382 g/mol. The van der Waals surface area contributed by atoms with Gasteiger partial charge in [-0.2, -0.15) is 0 Å². The van der Waals surface area contributed by atoms with Gasteiger partial charge in [0.15, 0.2) is 9.84 Å². The molecule has 150 valence electrons. The lowest BCUT2D eigenvalue weighted by molar-refractivity contribution is -0.134. The Labute approximate surface area is 163 Å². The number of benzene rings is 1. The van der Waals surface area contributed by atoms with Crippen LogP contribution in [0.5, 0.6) is 0 Å². The highest BCUT2D eigenvalue weighted by Gasteiger charge is 2.56. The zero-order valence-electron chi connectivity index (χ0n) is 15.6. The fraction of sp³-hybridized carbons (Fsp3) is 0.526.